The second-order valence-corrected chi connectivity index (χ2v) is 8.51. The average Bonchev–Trinajstić information content (AvgIpc) is 2.73. The molecule has 0 spiro atoms. The maximum atomic E-state index is 12.6. The van der Waals surface area contributed by atoms with Crippen LogP contribution in [0.15, 0.2) is 35.1 Å². The Morgan fingerprint density at radius 3 is 2.41 bits per heavy atom. The van der Waals surface area contributed by atoms with Crippen LogP contribution in [0.3, 0.4) is 0 Å². The van der Waals surface area contributed by atoms with Crippen LogP contribution in [0, 0.1) is 17.8 Å². The number of hydrogen-bond acceptors (Lipinski definition) is 4. The second kappa shape index (κ2) is 9.81. The third-order valence-corrected chi connectivity index (χ3v) is 6.15. The molecule has 2 N–H and O–H groups in total. The van der Waals surface area contributed by atoms with Crippen molar-refractivity contribution in [3.63, 3.8) is 0 Å². The Hall–Kier alpha value is -2.50. The average molecular weight is 397 g/mol. The fourth-order valence-corrected chi connectivity index (χ4v) is 4.24. The van der Waals surface area contributed by atoms with Crippen molar-refractivity contribution < 1.29 is 4.79 Å². The number of nitrogens with one attached hydrogen (secondary N) is 2. The van der Waals surface area contributed by atoms with Gasteiger partial charge in [0.15, 0.2) is 11.5 Å². The number of nitrogens with zero attached hydrogens (tertiary/aromatic N) is 2. The Bertz CT molecular complexity index is 855. The fraction of sp³-hybridized carbons (Fsp3) is 0.565. The Kier molecular flexibility index (Phi) is 7.18. The van der Waals surface area contributed by atoms with Crippen molar-refractivity contribution in [3.05, 3.63) is 46.4 Å². The summed E-state index contributed by atoms with van der Waals surface area (Å²) < 4.78 is 0. The van der Waals surface area contributed by atoms with Crippen LogP contribution in [0.25, 0.3) is 11.4 Å². The molecule has 1 saturated carbocycles. The standard InChI is InChI=1S/C23H32N4O2/c1-4-19(24-20(28)14-16-10-12-17(13-11-16)15(2)3)21-23(29)25-22(27-26-21)18-8-6-5-7-9-18/h5-9,15-17,19H,4,10-14H2,1-3H3,(H,24,28)(H,25,27,29). The Morgan fingerprint density at radius 2 is 1.83 bits per heavy atom. The normalized spacial score (nSPS) is 20.4. The maximum absolute atomic E-state index is 12.6. The third-order valence-electron chi connectivity index (χ3n) is 6.15. The number of carbonyl (C=O) groups is 1. The molecule has 0 radical (unpaired) electrons. The molecule has 6 heteroatoms. The van der Waals surface area contributed by atoms with Crippen LogP contribution in [0.5, 0.6) is 0 Å². The molecule has 2 aromatic rings. The van der Waals surface area contributed by atoms with E-state index >= 15 is 0 Å². The lowest BCUT2D eigenvalue weighted by molar-refractivity contribution is -0.123. The van der Waals surface area contributed by atoms with Crippen molar-refractivity contribution in [2.75, 3.05) is 0 Å². The van der Waals surface area contributed by atoms with Crippen LogP contribution in [0.1, 0.15) is 71.0 Å². The van der Waals surface area contributed by atoms with E-state index in [1.165, 1.54) is 12.8 Å². The maximum Gasteiger partial charge on any atom is 0.275 e. The number of aromatic amines is 1. The summed E-state index contributed by atoms with van der Waals surface area (Å²) in [6.45, 7) is 6.50. The van der Waals surface area contributed by atoms with Gasteiger partial charge in [0.2, 0.25) is 5.91 Å². The summed E-state index contributed by atoms with van der Waals surface area (Å²) in [6.07, 6.45) is 5.75. The molecule has 0 aliphatic heterocycles. The summed E-state index contributed by atoms with van der Waals surface area (Å²) in [5.41, 5.74) is 0.769. The molecule has 1 unspecified atom stereocenters. The highest BCUT2D eigenvalue weighted by Gasteiger charge is 2.26. The van der Waals surface area contributed by atoms with Crippen LogP contribution < -0.4 is 10.9 Å². The number of rotatable bonds is 7. The lowest BCUT2D eigenvalue weighted by Crippen LogP contribution is -2.35. The number of H-pyrrole nitrogens is 1. The minimum absolute atomic E-state index is 0.00168. The van der Waals surface area contributed by atoms with Crippen molar-refractivity contribution >= 4 is 5.91 Å². The van der Waals surface area contributed by atoms with Gasteiger partial charge in [0.05, 0.1) is 6.04 Å². The van der Waals surface area contributed by atoms with Crippen molar-refractivity contribution in [1.29, 1.82) is 0 Å². The number of benzene rings is 1. The number of hydrogen-bond donors (Lipinski definition) is 2. The SMILES string of the molecule is CCC(NC(=O)CC1CCC(C(C)C)CC1)c1nnc(-c2ccccc2)[nH]c1=O. The van der Waals surface area contributed by atoms with E-state index in [9.17, 15) is 9.59 Å². The van der Waals surface area contributed by atoms with E-state index in [-0.39, 0.29) is 17.2 Å². The van der Waals surface area contributed by atoms with Gasteiger partial charge in [0.1, 0.15) is 0 Å². The van der Waals surface area contributed by atoms with E-state index in [0.717, 1.165) is 30.2 Å². The highest BCUT2D eigenvalue weighted by Crippen LogP contribution is 2.34. The number of amides is 1. The van der Waals surface area contributed by atoms with Gasteiger partial charge in [-0.15, -0.1) is 10.2 Å². The minimum Gasteiger partial charge on any atom is -0.347 e. The molecule has 1 aliphatic carbocycles. The molecule has 1 aromatic carbocycles. The quantitative estimate of drug-likeness (QED) is 0.732. The molecular weight excluding hydrogens is 364 g/mol. The van der Waals surface area contributed by atoms with Gasteiger partial charge in [-0.2, -0.15) is 0 Å². The zero-order chi connectivity index (χ0) is 20.8. The fourth-order valence-electron chi connectivity index (χ4n) is 4.24. The zero-order valence-electron chi connectivity index (χ0n) is 17.6. The Balaban J connectivity index is 1.61. The molecule has 0 bridgehead atoms. The predicted molar refractivity (Wildman–Crippen MR) is 114 cm³/mol. The summed E-state index contributed by atoms with van der Waals surface area (Å²) in [5, 5.41) is 11.3. The molecule has 156 valence electrons. The number of aromatic nitrogens is 3. The lowest BCUT2D eigenvalue weighted by atomic mass is 9.76. The van der Waals surface area contributed by atoms with Crippen molar-refractivity contribution in [2.24, 2.45) is 17.8 Å². The van der Waals surface area contributed by atoms with Crippen LogP contribution in [-0.4, -0.2) is 21.1 Å². The van der Waals surface area contributed by atoms with Crippen LogP contribution in [0.4, 0.5) is 0 Å². The molecule has 6 nitrogen and oxygen atoms in total. The van der Waals surface area contributed by atoms with Gasteiger partial charge in [0, 0.05) is 12.0 Å². The van der Waals surface area contributed by atoms with Gasteiger partial charge in [-0.3, -0.25) is 9.59 Å². The summed E-state index contributed by atoms with van der Waals surface area (Å²) in [4.78, 5) is 28.0. The summed E-state index contributed by atoms with van der Waals surface area (Å²) in [5.74, 6) is 2.38. The first kappa shape index (κ1) is 21.2. The largest absolute Gasteiger partial charge is 0.347 e. The van der Waals surface area contributed by atoms with Gasteiger partial charge < -0.3 is 10.3 Å². The molecule has 1 fully saturated rings. The van der Waals surface area contributed by atoms with E-state index in [1.54, 1.807) is 0 Å². The summed E-state index contributed by atoms with van der Waals surface area (Å²) >= 11 is 0. The molecule has 29 heavy (non-hydrogen) atoms. The van der Waals surface area contributed by atoms with Gasteiger partial charge >= 0.3 is 0 Å². The van der Waals surface area contributed by atoms with E-state index < -0.39 is 6.04 Å². The zero-order valence-corrected chi connectivity index (χ0v) is 17.6. The first-order valence-corrected chi connectivity index (χ1v) is 10.8. The van der Waals surface area contributed by atoms with E-state index in [1.807, 2.05) is 37.3 Å². The van der Waals surface area contributed by atoms with Crippen molar-refractivity contribution in [1.82, 2.24) is 20.5 Å². The van der Waals surface area contributed by atoms with Crippen LogP contribution in [0.2, 0.25) is 0 Å². The van der Waals surface area contributed by atoms with Crippen molar-refractivity contribution in [3.8, 4) is 11.4 Å². The first-order valence-electron chi connectivity index (χ1n) is 10.8. The Labute approximate surface area is 172 Å². The lowest BCUT2D eigenvalue weighted by Gasteiger charge is -2.30. The van der Waals surface area contributed by atoms with E-state index in [4.69, 9.17) is 0 Å². The topological polar surface area (TPSA) is 87.7 Å². The predicted octanol–water partition coefficient (Wildman–Crippen LogP) is 4.25. The molecule has 1 aromatic heterocycles. The molecule has 1 amide bonds. The van der Waals surface area contributed by atoms with Gasteiger partial charge in [-0.25, -0.2) is 0 Å². The monoisotopic (exact) mass is 396 g/mol. The molecular formula is C23H32N4O2. The molecule has 3 rings (SSSR count). The molecule has 1 aliphatic rings. The summed E-state index contributed by atoms with van der Waals surface area (Å²) in [6, 6.07) is 8.98. The first-order chi connectivity index (χ1) is 14.0. The highest BCUT2D eigenvalue weighted by molar-refractivity contribution is 5.76. The van der Waals surface area contributed by atoms with Gasteiger partial charge in [-0.1, -0.05) is 51.1 Å². The van der Waals surface area contributed by atoms with Gasteiger partial charge in [-0.05, 0) is 49.9 Å². The smallest absolute Gasteiger partial charge is 0.275 e. The molecule has 0 saturated heterocycles. The van der Waals surface area contributed by atoms with Gasteiger partial charge in [0.25, 0.3) is 5.56 Å². The molecule has 1 heterocycles. The highest BCUT2D eigenvalue weighted by atomic mass is 16.2. The summed E-state index contributed by atoms with van der Waals surface area (Å²) in [7, 11) is 0. The Morgan fingerprint density at radius 1 is 1.14 bits per heavy atom. The van der Waals surface area contributed by atoms with Crippen molar-refractivity contribution in [2.45, 2.75) is 65.3 Å². The van der Waals surface area contributed by atoms with E-state index in [2.05, 4.69) is 34.3 Å². The number of carbonyl (C=O) groups excluding carboxylic acids is 1. The second-order valence-electron chi connectivity index (χ2n) is 8.51. The minimum atomic E-state index is -0.421. The molecule has 1 atom stereocenters. The van der Waals surface area contributed by atoms with Crippen LogP contribution >= 0.6 is 0 Å². The van der Waals surface area contributed by atoms with Crippen LogP contribution in [-0.2, 0) is 4.79 Å². The third kappa shape index (κ3) is 5.52. The van der Waals surface area contributed by atoms with E-state index in [0.29, 0.717) is 24.6 Å².